The molecule has 46 valence electrons. The smallest absolute Gasteiger partial charge is 0.223 e. The molecule has 0 aromatic rings. The second-order valence-corrected chi connectivity index (χ2v) is 2.62. The molecule has 1 aliphatic heterocycles. The van der Waals surface area contributed by atoms with Crippen molar-refractivity contribution in [2.45, 2.75) is 18.2 Å². The first-order chi connectivity index (χ1) is 3.72. The molecule has 0 aliphatic carbocycles. The monoisotopic (exact) mass is 131 g/mol. The highest BCUT2D eigenvalue weighted by Crippen LogP contribution is 2.18. The third-order valence-corrected chi connectivity index (χ3v) is 2.06. The lowest BCUT2D eigenvalue weighted by Crippen LogP contribution is -2.23. The Kier molecular flexibility index (Phi) is 1.47. The van der Waals surface area contributed by atoms with Gasteiger partial charge in [0, 0.05) is 13.5 Å². The lowest BCUT2D eigenvalue weighted by molar-refractivity contribution is -0.126. The van der Waals surface area contributed by atoms with E-state index < -0.39 is 0 Å². The van der Waals surface area contributed by atoms with Gasteiger partial charge in [-0.2, -0.15) is 12.6 Å². The highest BCUT2D eigenvalue weighted by Gasteiger charge is 2.23. The largest absolute Gasteiger partial charge is 0.334 e. The molecule has 0 radical (unpaired) electrons. The van der Waals surface area contributed by atoms with Crippen molar-refractivity contribution in [3.63, 3.8) is 0 Å². The summed E-state index contributed by atoms with van der Waals surface area (Å²) in [4.78, 5) is 12.3. The summed E-state index contributed by atoms with van der Waals surface area (Å²) >= 11 is 4.15. The number of nitrogens with zero attached hydrogens (tertiary/aromatic N) is 1. The highest BCUT2D eigenvalue weighted by molar-refractivity contribution is 7.80. The van der Waals surface area contributed by atoms with Gasteiger partial charge in [0.2, 0.25) is 5.91 Å². The third-order valence-electron chi connectivity index (χ3n) is 1.46. The van der Waals surface area contributed by atoms with Crippen LogP contribution in [0.5, 0.6) is 0 Å². The van der Waals surface area contributed by atoms with E-state index in [1.165, 1.54) is 0 Å². The number of thiol groups is 1. The van der Waals surface area contributed by atoms with Crippen LogP contribution in [0.25, 0.3) is 0 Å². The third kappa shape index (κ3) is 0.823. The fourth-order valence-electron chi connectivity index (χ4n) is 0.789. The van der Waals surface area contributed by atoms with Gasteiger partial charge in [-0.25, -0.2) is 0 Å². The van der Waals surface area contributed by atoms with Crippen molar-refractivity contribution in [1.82, 2.24) is 4.90 Å². The topological polar surface area (TPSA) is 20.3 Å². The van der Waals surface area contributed by atoms with Crippen LogP contribution >= 0.6 is 12.6 Å². The molecule has 1 heterocycles. The van der Waals surface area contributed by atoms with Gasteiger partial charge < -0.3 is 4.90 Å². The summed E-state index contributed by atoms with van der Waals surface area (Å²) in [5, 5.41) is 0.169. The van der Waals surface area contributed by atoms with E-state index in [-0.39, 0.29) is 11.3 Å². The maximum Gasteiger partial charge on any atom is 0.223 e. The Hall–Kier alpha value is -0.180. The molecule has 0 N–H and O–H groups in total. The van der Waals surface area contributed by atoms with E-state index >= 15 is 0 Å². The summed E-state index contributed by atoms with van der Waals surface area (Å²) in [6.45, 7) is 0. The molecule has 3 heteroatoms. The molecule has 0 spiro atoms. The summed E-state index contributed by atoms with van der Waals surface area (Å²) in [6, 6.07) is 0. The van der Waals surface area contributed by atoms with Crippen LogP contribution in [0.1, 0.15) is 12.8 Å². The van der Waals surface area contributed by atoms with Gasteiger partial charge in [0.25, 0.3) is 0 Å². The molecular weight excluding hydrogens is 122 g/mol. The first-order valence-electron chi connectivity index (χ1n) is 2.65. The van der Waals surface area contributed by atoms with Gasteiger partial charge in [-0.1, -0.05) is 0 Å². The fourth-order valence-corrected chi connectivity index (χ4v) is 1.05. The minimum atomic E-state index is 0.169. The Morgan fingerprint density at radius 1 is 1.88 bits per heavy atom. The zero-order chi connectivity index (χ0) is 6.15. The molecule has 2 nitrogen and oxygen atoms in total. The average Bonchev–Trinajstić information content (AvgIpc) is 1.98. The second-order valence-electron chi connectivity index (χ2n) is 2.02. The molecule has 0 saturated carbocycles. The Balaban J connectivity index is 2.56. The zero-order valence-electron chi connectivity index (χ0n) is 4.79. The number of likely N-dealkylation sites (tertiary alicyclic amines) is 1. The number of carbonyl (C=O) groups excluding carboxylic acids is 1. The molecule has 1 amide bonds. The minimum absolute atomic E-state index is 0.169. The number of amides is 1. The fraction of sp³-hybridized carbons (Fsp3) is 0.800. The number of hydrogen-bond acceptors (Lipinski definition) is 2. The van der Waals surface area contributed by atoms with E-state index in [0.29, 0.717) is 6.42 Å². The number of hydrogen-bond donors (Lipinski definition) is 1. The van der Waals surface area contributed by atoms with Crippen molar-refractivity contribution in [1.29, 1.82) is 0 Å². The molecule has 0 bridgehead atoms. The average molecular weight is 131 g/mol. The predicted octanol–water partition coefficient (Wildman–Crippen LogP) is 0.494. The van der Waals surface area contributed by atoms with E-state index in [2.05, 4.69) is 12.6 Å². The maximum absolute atomic E-state index is 10.7. The summed E-state index contributed by atoms with van der Waals surface area (Å²) in [5.74, 6) is 0.213. The maximum atomic E-state index is 10.7. The van der Waals surface area contributed by atoms with Gasteiger partial charge in [0.05, 0.1) is 5.37 Å². The first kappa shape index (κ1) is 5.95. The summed E-state index contributed by atoms with van der Waals surface area (Å²) in [6.07, 6.45) is 1.57. The van der Waals surface area contributed by atoms with Gasteiger partial charge in [0.15, 0.2) is 0 Å². The Labute approximate surface area is 54.3 Å². The molecule has 1 aliphatic rings. The van der Waals surface area contributed by atoms with E-state index in [0.717, 1.165) is 6.42 Å². The van der Waals surface area contributed by atoms with Gasteiger partial charge in [-0.3, -0.25) is 4.79 Å². The van der Waals surface area contributed by atoms with E-state index in [4.69, 9.17) is 0 Å². The molecule has 1 unspecified atom stereocenters. The molecule has 1 rings (SSSR count). The predicted molar refractivity (Wildman–Crippen MR) is 34.8 cm³/mol. The number of carbonyl (C=O) groups is 1. The van der Waals surface area contributed by atoms with Crippen molar-refractivity contribution in [2.24, 2.45) is 0 Å². The van der Waals surface area contributed by atoms with Crippen LogP contribution in [0.15, 0.2) is 0 Å². The SMILES string of the molecule is CN1C(=O)CCC1S. The van der Waals surface area contributed by atoms with Gasteiger partial charge >= 0.3 is 0 Å². The van der Waals surface area contributed by atoms with Crippen molar-refractivity contribution in [3.8, 4) is 0 Å². The van der Waals surface area contributed by atoms with Crippen LogP contribution in [-0.2, 0) is 4.79 Å². The second kappa shape index (κ2) is 1.97. The van der Waals surface area contributed by atoms with Gasteiger partial charge in [-0.15, -0.1) is 0 Å². The van der Waals surface area contributed by atoms with Crippen molar-refractivity contribution < 1.29 is 4.79 Å². The molecule has 0 aromatic heterocycles. The molecule has 8 heavy (non-hydrogen) atoms. The van der Waals surface area contributed by atoms with E-state index in [1.54, 1.807) is 11.9 Å². The summed E-state index contributed by atoms with van der Waals surface area (Å²) < 4.78 is 0. The molecule has 1 atom stereocenters. The molecular formula is C5H9NOS. The molecule has 1 fully saturated rings. The van der Waals surface area contributed by atoms with Crippen LogP contribution in [0.4, 0.5) is 0 Å². The first-order valence-corrected chi connectivity index (χ1v) is 3.17. The minimum Gasteiger partial charge on any atom is -0.334 e. The lowest BCUT2D eigenvalue weighted by Gasteiger charge is -2.12. The van der Waals surface area contributed by atoms with Crippen LogP contribution in [0, 0.1) is 0 Å². The van der Waals surface area contributed by atoms with E-state index in [1.807, 2.05) is 0 Å². The van der Waals surface area contributed by atoms with Crippen LogP contribution in [-0.4, -0.2) is 23.2 Å². The molecule has 1 saturated heterocycles. The lowest BCUT2D eigenvalue weighted by atomic mass is 10.4. The summed E-state index contributed by atoms with van der Waals surface area (Å²) in [5.41, 5.74) is 0. The van der Waals surface area contributed by atoms with Crippen molar-refractivity contribution in [2.75, 3.05) is 7.05 Å². The zero-order valence-corrected chi connectivity index (χ0v) is 5.69. The van der Waals surface area contributed by atoms with Crippen LogP contribution in [0.3, 0.4) is 0 Å². The Bertz CT molecular complexity index is 115. The standard InChI is InChI=1S/C5H9NOS/c1-6-4(7)2-3-5(6)8/h5,8H,2-3H2,1H3. The van der Waals surface area contributed by atoms with Crippen LogP contribution < -0.4 is 0 Å². The number of rotatable bonds is 0. The molecule has 0 aromatic carbocycles. The Morgan fingerprint density at radius 3 is 2.62 bits per heavy atom. The van der Waals surface area contributed by atoms with Gasteiger partial charge in [0.1, 0.15) is 0 Å². The quantitative estimate of drug-likeness (QED) is 0.474. The van der Waals surface area contributed by atoms with Gasteiger partial charge in [-0.05, 0) is 6.42 Å². The Morgan fingerprint density at radius 2 is 2.50 bits per heavy atom. The van der Waals surface area contributed by atoms with E-state index in [9.17, 15) is 4.79 Å². The normalized spacial score (nSPS) is 29.5. The van der Waals surface area contributed by atoms with Crippen molar-refractivity contribution >= 4 is 18.5 Å². The summed E-state index contributed by atoms with van der Waals surface area (Å²) in [7, 11) is 1.78. The van der Waals surface area contributed by atoms with Crippen molar-refractivity contribution in [3.05, 3.63) is 0 Å². The van der Waals surface area contributed by atoms with Crippen LogP contribution in [0.2, 0.25) is 0 Å². The highest BCUT2D eigenvalue weighted by atomic mass is 32.1.